The molecule has 0 atom stereocenters. The summed E-state index contributed by atoms with van der Waals surface area (Å²) in [5.74, 6) is -0.795. The van der Waals surface area contributed by atoms with E-state index in [1.807, 2.05) is 43.0 Å². The Morgan fingerprint density at radius 3 is 2.40 bits per heavy atom. The van der Waals surface area contributed by atoms with Crippen molar-refractivity contribution in [2.24, 2.45) is 0 Å². The number of hydrogen-bond acceptors (Lipinski definition) is 3. The summed E-state index contributed by atoms with van der Waals surface area (Å²) in [5.41, 5.74) is 2.39. The van der Waals surface area contributed by atoms with Gasteiger partial charge in [0.1, 0.15) is 5.82 Å². The Bertz CT molecular complexity index is 719. The molecule has 1 amide bonds. The number of hydrogen-bond donors (Lipinski definition) is 1. The fraction of sp³-hybridized carbons (Fsp3) is 0.316. The van der Waals surface area contributed by atoms with Crippen molar-refractivity contribution >= 4 is 28.9 Å². The first kappa shape index (κ1) is 19.2. The first-order valence-corrected chi connectivity index (χ1v) is 8.50. The topological polar surface area (TPSA) is 35.6 Å². The van der Waals surface area contributed by atoms with Gasteiger partial charge in [-0.05, 0) is 42.4 Å². The average molecular weight is 364 g/mol. The molecule has 6 heteroatoms. The third-order valence-electron chi connectivity index (χ3n) is 3.88. The smallest absolute Gasteiger partial charge is 0.238 e. The summed E-state index contributed by atoms with van der Waals surface area (Å²) in [6, 6.07) is 12.4. The predicted molar refractivity (Wildman–Crippen MR) is 102 cm³/mol. The van der Waals surface area contributed by atoms with Gasteiger partial charge in [-0.15, -0.1) is 0 Å². The molecular formula is C19H23ClFN3O. The zero-order valence-corrected chi connectivity index (χ0v) is 15.5. The SMILES string of the molecule is CCN(CC(=O)Nc1ccc(Cl)cc1F)Cc1ccc(N(C)C)cc1. The molecule has 1 N–H and O–H groups in total. The summed E-state index contributed by atoms with van der Waals surface area (Å²) in [5, 5.41) is 2.89. The number of anilines is 2. The van der Waals surface area contributed by atoms with Crippen LogP contribution in [-0.4, -0.2) is 38.0 Å². The Labute approximate surface area is 153 Å². The number of likely N-dealkylation sites (N-methyl/N-ethyl adjacent to an activating group) is 1. The second-order valence-corrected chi connectivity index (χ2v) is 6.47. The highest BCUT2D eigenvalue weighted by Gasteiger charge is 2.12. The van der Waals surface area contributed by atoms with Crippen LogP contribution in [0.4, 0.5) is 15.8 Å². The van der Waals surface area contributed by atoms with Gasteiger partial charge >= 0.3 is 0 Å². The summed E-state index contributed by atoms with van der Waals surface area (Å²) in [6.07, 6.45) is 0. The summed E-state index contributed by atoms with van der Waals surface area (Å²) in [7, 11) is 3.99. The summed E-state index contributed by atoms with van der Waals surface area (Å²) in [4.78, 5) is 16.2. The number of halogens is 2. The second-order valence-electron chi connectivity index (χ2n) is 6.04. The number of nitrogens with zero attached hydrogens (tertiary/aromatic N) is 2. The van der Waals surface area contributed by atoms with Gasteiger partial charge in [0.05, 0.1) is 12.2 Å². The van der Waals surface area contributed by atoms with Crippen LogP contribution < -0.4 is 10.2 Å². The Morgan fingerprint density at radius 2 is 1.84 bits per heavy atom. The fourth-order valence-electron chi connectivity index (χ4n) is 2.42. The highest BCUT2D eigenvalue weighted by molar-refractivity contribution is 6.30. The van der Waals surface area contributed by atoms with E-state index in [0.29, 0.717) is 18.1 Å². The van der Waals surface area contributed by atoms with Crippen LogP contribution >= 0.6 is 11.6 Å². The molecule has 134 valence electrons. The minimum Gasteiger partial charge on any atom is -0.378 e. The molecule has 0 fully saturated rings. The van der Waals surface area contributed by atoms with Gasteiger partial charge in [0.25, 0.3) is 0 Å². The minimum atomic E-state index is -0.539. The summed E-state index contributed by atoms with van der Waals surface area (Å²) in [6.45, 7) is 3.55. The lowest BCUT2D eigenvalue weighted by molar-refractivity contribution is -0.117. The molecule has 2 aromatic carbocycles. The van der Waals surface area contributed by atoms with Crippen molar-refractivity contribution in [1.82, 2.24) is 4.90 Å². The first-order valence-electron chi connectivity index (χ1n) is 8.12. The van der Waals surface area contributed by atoms with E-state index >= 15 is 0 Å². The predicted octanol–water partition coefficient (Wildman–Crippen LogP) is 4.01. The van der Waals surface area contributed by atoms with Crippen molar-refractivity contribution in [1.29, 1.82) is 0 Å². The first-order chi connectivity index (χ1) is 11.9. The Hall–Kier alpha value is -2.11. The van der Waals surface area contributed by atoms with Crippen molar-refractivity contribution in [3.8, 4) is 0 Å². The van der Waals surface area contributed by atoms with E-state index in [2.05, 4.69) is 17.4 Å². The molecule has 4 nitrogen and oxygen atoms in total. The van der Waals surface area contributed by atoms with Gasteiger partial charge in [-0.25, -0.2) is 4.39 Å². The fourth-order valence-corrected chi connectivity index (χ4v) is 2.58. The molecule has 0 unspecified atom stereocenters. The van der Waals surface area contributed by atoms with Gasteiger partial charge in [-0.2, -0.15) is 0 Å². The largest absolute Gasteiger partial charge is 0.378 e. The standard InChI is InChI=1S/C19H23ClFN3O/c1-4-24(12-14-5-8-16(9-6-14)23(2)3)13-19(25)22-18-10-7-15(20)11-17(18)21/h5-11H,4,12-13H2,1-3H3,(H,22,25). The number of rotatable bonds is 7. The molecule has 0 saturated carbocycles. The normalized spacial score (nSPS) is 10.8. The van der Waals surface area contributed by atoms with Crippen molar-refractivity contribution in [2.75, 3.05) is 37.4 Å². The lowest BCUT2D eigenvalue weighted by Gasteiger charge is -2.21. The van der Waals surface area contributed by atoms with Crippen LogP contribution in [0.1, 0.15) is 12.5 Å². The molecule has 25 heavy (non-hydrogen) atoms. The molecule has 2 rings (SSSR count). The summed E-state index contributed by atoms with van der Waals surface area (Å²) >= 11 is 5.72. The van der Waals surface area contributed by atoms with Gasteiger partial charge in [0.2, 0.25) is 5.91 Å². The molecule has 0 saturated heterocycles. The van der Waals surface area contributed by atoms with Gasteiger partial charge in [0.15, 0.2) is 0 Å². The highest BCUT2D eigenvalue weighted by Crippen LogP contribution is 2.19. The molecule has 0 bridgehead atoms. The lowest BCUT2D eigenvalue weighted by atomic mass is 10.2. The second kappa shape index (κ2) is 8.83. The number of benzene rings is 2. The number of carbonyl (C=O) groups is 1. The zero-order valence-electron chi connectivity index (χ0n) is 14.7. The molecule has 0 aliphatic carbocycles. The zero-order chi connectivity index (χ0) is 18.4. The van der Waals surface area contributed by atoms with Crippen LogP contribution in [0.15, 0.2) is 42.5 Å². The third kappa shape index (κ3) is 5.73. The molecule has 0 aromatic heterocycles. The molecule has 0 aliphatic rings. The van der Waals surface area contributed by atoms with Gasteiger partial charge in [0, 0.05) is 31.4 Å². The van der Waals surface area contributed by atoms with E-state index in [9.17, 15) is 9.18 Å². The molecule has 0 aliphatic heterocycles. The van der Waals surface area contributed by atoms with Crippen molar-refractivity contribution in [3.05, 3.63) is 58.9 Å². The van der Waals surface area contributed by atoms with E-state index < -0.39 is 5.82 Å². The Balaban J connectivity index is 1.95. The van der Waals surface area contributed by atoms with Crippen LogP contribution in [0.3, 0.4) is 0 Å². The van der Waals surface area contributed by atoms with Gasteiger partial charge < -0.3 is 10.2 Å². The van der Waals surface area contributed by atoms with E-state index in [0.717, 1.165) is 11.3 Å². The van der Waals surface area contributed by atoms with Crippen LogP contribution in [0, 0.1) is 5.82 Å². The molecule has 0 radical (unpaired) electrons. The van der Waals surface area contributed by atoms with Crippen LogP contribution in [0.2, 0.25) is 5.02 Å². The maximum absolute atomic E-state index is 13.8. The number of nitrogens with one attached hydrogen (secondary N) is 1. The van der Waals surface area contributed by atoms with Crippen molar-refractivity contribution in [3.63, 3.8) is 0 Å². The van der Waals surface area contributed by atoms with Crippen LogP contribution in [0.5, 0.6) is 0 Å². The van der Waals surface area contributed by atoms with Crippen molar-refractivity contribution < 1.29 is 9.18 Å². The van der Waals surface area contributed by atoms with Crippen LogP contribution in [-0.2, 0) is 11.3 Å². The van der Waals surface area contributed by atoms with E-state index in [1.54, 1.807) is 6.07 Å². The van der Waals surface area contributed by atoms with Crippen molar-refractivity contribution in [2.45, 2.75) is 13.5 Å². The number of carbonyl (C=O) groups excluding carboxylic acids is 1. The molecule has 0 heterocycles. The quantitative estimate of drug-likeness (QED) is 0.807. The maximum atomic E-state index is 13.8. The molecular weight excluding hydrogens is 341 g/mol. The third-order valence-corrected chi connectivity index (χ3v) is 4.11. The van der Waals surface area contributed by atoms with E-state index in [1.165, 1.54) is 12.1 Å². The van der Waals surface area contributed by atoms with E-state index in [4.69, 9.17) is 11.6 Å². The molecule has 0 spiro atoms. The van der Waals surface area contributed by atoms with Gasteiger partial charge in [-0.1, -0.05) is 30.7 Å². The highest BCUT2D eigenvalue weighted by atomic mass is 35.5. The molecule has 2 aromatic rings. The van der Waals surface area contributed by atoms with Crippen LogP contribution in [0.25, 0.3) is 0 Å². The monoisotopic (exact) mass is 363 g/mol. The maximum Gasteiger partial charge on any atom is 0.238 e. The van der Waals surface area contributed by atoms with E-state index in [-0.39, 0.29) is 18.1 Å². The minimum absolute atomic E-state index is 0.140. The lowest BCUT2D eigenvalue weighted by Crippen LogP contribution is -2.33. The average Bonchev–Trinajstić information content (AvgIpc) is 2.57. The number of amides is 1. The summed E-state index contributed by atoms with van der Waals surface area (Å²) < 4.78 is 13.8. The Kier molecular flexibility index (Phi) is 6.79. The Morgan fingerprint density at radius 1 is 1.16 bits per heavy atom. The van der Waals surface area contributed by atoms with Gasteiger partial charge in [-0.3, -0.25) is 9.69 Å².